The van der Waals surface area contributed by atoms with Gasteiger partial charge in [-0.05, 0) is 45.9 Å². The molecule has 5 heteroatoms. The molecule has 1 aliphatic rings. The summed E-state index contributed by atoms with van der Waals surface area (Å²) in [5.74, 6) is 0.302. The van der Waals surface area contributed by atoms with Crippen LogP contribution in [0.25, 0.3) is 0 Å². The first-order valence-electron chi connectivity index (χ1n) is 10.8. The lowest BCUT2D eigenvalue weighted by molar-refractivity contribution is -0.141. The summed E-state index contributed by atoms with van der Waals surface area (Å²) in [6.07, 6.45) is 0.875. The van der Waals surface area contributed by atoms with Gasteiger partial charge >= 0.3 is 0 Å². The molecule has 162 valence electrons. The zero-order valence-corrected chi connectivity index (χ0v) is 19.9. The third kappa shape index (κ3) is 4.94. The van der Waals surface area contributed by atoms with Gasteiger partial charge in [-0.15, -0.1) is 11.3 Å². The molecular weight excluding hydrogens is 392 g/mol. The van der Waals surface area contributed by atoms with Gasteiger partial charge in [-0.3, -0.25) is 9.59 Å². The Morgan fingerprint density at radius 2 is 1.83 bits per heavy atom. The van der Waals surface area contributed by atoms with E-state index in [4.69, 9.17) is 0 Å². The minimum absolute atomic E-state index is 0.0209. The number of fused-ring (bicyclic) bond motifs is 1. The van der Waals surface area contributed by atoms with Gasteiger partial charge in [-0.25, -0.2) is 0 Å². The maximum Gasteiger partial charge on any atom is 0.242 e. The Hall–Kier alpha value is -2.14. The average Bonchev–Trinajstić information content (AvgIpc) is 3.14. The highest BCUT2D eigenvalue weighted by molar-refractivity contribution is 7.10. The van der Waals surface area contributed by atoms with Crippen LogP contribution in [0.15, 0.2) is 35.7 Å². The van der Waals surface area contributed by atoms with Crippen LogP contribution >= 0.6 is 11.3 Å². The van der Waals surface area contributed by atoms with Crippen molar-refractivity contribution in [1.82, 2.24) is 9.80 Å². The van der Waals surface area contributed by atoms with Crippen molar-refractivity contribution in [1.29, 1.82) is 0 Å². The third-order valence-electron chi connectivity index (χ3n) is 5.74. The summed E-state index contributed by atoms with van der Waals surface area (Å²) in [6.45, 7) is 13.7. The molecule has 0 N–H and O–H groups in total. The third-order valence-corrected chi connectivity index (χ3v) is 6.73. The first kappa shape index (κ1) is 22.5. The summed E-state index contributed by atoms with van der Waals surface area (Å²) >= 11 is 1.77. The topological polar surface area (TPSA) is 40.6 Å². The first-order chi connectivity index (χ1) is 14.1. The summed E-state index contributed by atoms with van der Waals surface area (Å²) < 4.78 is 0. The van der Waals surface area contributed by atoms with Crippen LogP contribution in [-0.4, -0.2) is 41.2 Å². The van der Waals surface area contributed by atoms with Crippen molar-refractivity contribution in [3.05, 3.63) is 57.3 Å². The van der Waals surface area contributed by atoms with E-state index >= 15 is 0 Å². The second-order valence-corrected chi connectivity index (χ2v) is 10.7. The molecule has 0 spiro atoms. The molecule has 2 aromatic rings. The van der Waals surface area contributed by atoms with Crippen LogP contribution in [-0.2, 0) is 21.4 Å². The van der Waals surface area contributed by atoms with Crippen molar-refractivity contribution in [3.63, 3.8) is 0 Å². The van der Waals surface area contributed by atoms with Gasteiger partial charge in [0.15, 0.2) is 0 Å². The highest BCUT2D eigenvalue weighted by Crippen LogP contribution is 2.38. The Bertz CT molecular complexity index is 893. The highest BCUT2D eigenvalue weighted by Gasteiger charge is 2.34. The van der Waals surface area contributed by atoms with E-state index in [-0.39, 0.29) is 29.8 Å². The summed E-state index contributed by atoms with van der Waals surface area (Å²) in [5.41, 5.74) is 3.73. The van der Waals surface area contributed by atoms with E-state index in [0.717, 1.165) is 12.0 Å². The molecule has 1 aromatic heterocycles. The van der Waals surface area contributed by atoms with Gasteiger partial charge in [0.2, 0.25) is 11.8 Å². The number of rotatable bonds is 5. The summed E-state index contributed by atoms with van der Waals surface area (Å²) in [6, 6.07) is 10.7. The van der Waals surface area contributed by atoms with Gasteiger partial charge in [-0.2, -0.15) is 0 Å². The molecule has 0 aliphatic carbocycles. The van der Waals surface area contributed by atoms with Crippen molar-refractivity contribution in [3.8, 4) is 0 Å². The second kappa shape index (κ2) is 8.93. The molecule has 1 atom stereocenters. The predicted octanol–water partition coefficient (Wildman–Crippen LogP) is 5.02. The predicted molar refractivity (Wildman–Crippen MR) is 124 cm³/mol. The van der Waals surface area contributed by atoms with Gasteiger partial charge in [-0.1, -0.05) is 58.9 Å². The van der Waals surface area contributed by atoms with Crippen LogP contribution in [0, 0.1) is 5.92 Å². The molecule has 1 aromatic carbocycles. The molecule has 1 aliphatic heterocycles. The van der Waals surface area contributed by atoms with Crippen molar-refractivity contribution >= 4 is 23.2 Å². The summed E-state index contributed by atoms with van der Waals surface area (Å²) in [5, 5.41) is 2.12. The normalized spacial score (nSPS) is 16.5. The van der Waals surface area contributed by atoms with Gasteiger partial charge in [0.25, 0.3) is 0 Å². The number of hydrogen-bond acceptors (Lipinski definition) is 3. The molecule has 0 saturated heterocycles. The standard InChI is InChI=1S/C25H34N2O2S/c1-17(2)15-26(18(3)28)16-23(29)27-13-11-22-21(12-14-30-22)24(27)19-7-9-20(10-8-19)25(4,5)6/h7-10,12,14,17,24H,11,13,15-16H2,1-6H3/t24-/m1/s1. The smallest absolute Gasteiger partial charge is 0.242 e. The quantitative estimate of drug-likeness (QED) is 0.673. The second-order valence-electron chi connectivity index (χ2n) is 9.70. The molecule has 2 heterocycles. The maximum atomic E-state index is 13.4. The van der Waals surface area contributed by atoms with Crippen LogP contribution in [0.4, 0.5) is 0 Å². The van der Waals surface area contributed by atoms with E-state index in [1.807, 2.05) is 4.90 Å². The molecule has 30 heavy (non-hydrogen) atoms. The molecule has 4 nitrogen and oxygen atoms in total. The zero-order valence-electron chi connectivity index (χ0n) is 19.1. The number of thiophene rings is 1. The number of nitrogens with zero attached hydrogens (tertiary/aromatic N) is 2. The van der Waals surface area contributed by atoms with Crippen molar-refractivity contribution < 1.29 is 9.59 Å². The fourth-order valence-electron chi connectivity index (χ4n) is 4.11. The number of carbonyl (C=O) groups is 2. The van der Waals surface area contributed by atoms with Gasteiger partial charge in [0, 0.05) is 24.9 Å². The minimum atomic E-state index is -0.0885. The Labute approximate surface area is 184 Å². The fourth-order valence-corrected chi connectivity index (χ4v) is 5.01. The average molecular weight is 427 g/mol. The largest absolute Gasteiger partial charge is 0.333 e. The Kier molecular flexibility index (Phi) is 6.71. The van der Waals surface area contributed by atoms with E-state index in [1.165, 1.54) is 16.0 Å². The molecule has 0 bridgehead atoms. The van der Waals surface area contributed by atoms with Crippen LogP contribution < -0.4 is 0 Å². The Morgan fingerprint density at radius 1 is 1.17 bits per heavy atom. The lowest BCUT2D eigenvalue weighted by Crippen LogP contribution is -2.47. The van der Waals surface area contributed by atoms with E-state index in [1.54, 1.807) is 23.2 Å². The SMILES string of the molecule is CC(=O)N(CC(=O)N1CCc2sccc2[C@H]1c1ccc(C(C)(C)C)cc1)CC(C)C. The molecular formula is C25H34N2O2S. The number of benzene rings is 1. The molecule has 0 unspecified atom stereocenters. The fraction of sp³-hybridized carbons (Fsp3) is 0.520. The van der Waals surface area contributed by atoms with Crippen molar-refractivity contribution in [2.24, 2.45) is 5.92 Å². The van der Waals surface area contributed by atoms with E-state index < -0.39 is 0 Å². The Morgan fingerprint density at radius 3 is 2.40 bits per heavy atom. The van der Waals surface area contributed by atoms with Gasteiger partial charge in [0.1, 0.15) is 0 Å². The molecule has 0 fully saturated rings. The van der Waals surface area contributed by atoms with E-state index in [0.29, 0.717) is 19.0 Å². The van der Waals surface area contributed by atoms with Crippen LogP contribution in [0.1, 0.15) is 69.2 Å². The number of amides is 2. The van der Waals surface area contributed by atoms with E-state index in [9.17, 15) is 9.59 Å². The molecule has 3 rings (SSSR count). The van der Waals surface area contributed by atoms with Crippen LogP contribution in [0.3, 0.4) is 0 Å². The minimum Gasteiger partial charge on any atom is -0.333 e. The maximum absolute atomic E-state index is 13.4. The zero-order chi connectivity index (χ0) is 22.1. The molecule has 0 radical (unpaired) electrons. The molecule has 0 saturated carbocycles. The van der Waals surface area contributed by atoms with E-state index in [2.05, 4.69) is 70.3 Å². The van der Waals surface area contributed by atoms with Gasteiger partial charge in [0.05, 0.1) is 12.6 Å². The molecule has 2 amide bonds. The first-order valence-corrected chi connectivity index (χ1v) is 11.7. The summed E-state index contributed by atoms with van der Waals surface area (Å²) in [4.78, 5) is 30.5. The summed E-state index contributed by atoms with van der Waals surface area (Å²) in [7, 11) is 0. The van der Waals surface area contributed by atoms with Crippen LogP contribution in [0.5, 0.6) is 0 Å². The lowest BCUT2D eigenvalue weighted by Gasteiger charge is -2.38. The number of carbonyl (C=O) groups excluding carboxylic acids is 2. The Balaban J connectivity index is 1.91. The van der Waals surface area contributed by atoms with Crippen molar-refractivity contribution in [2.45, 2.75) is 59.4 Å². The monoisotopic (exact) mass is 426 g/mol. The van der Waals surface area contributed by atoms with Crippen molar-refractivity contribution in [2.75, 3.05) is 19.6 Å². The highest BCUT2D eigenvalue weighted by atomic mass is 32.1. The lowest BCUT2D eigenvalue weighted by atomic mass is 9.85. The van der Waals surface area contributed by atoms with Gasteiger partial charge < -0.3 is 9.80 Å². The number of hydrogen-bond donors (Lipinski definition) is 0. The van der Waals surface area contributed by atoms with Crippen LogP contribution in [0.2, 0.25) is 0 Å².